The number of esters is 2. The van der Waals surface area contributed by atoms with Crippen molar-refractivity contribution in [3.63, 3.8) is 0 Å². The molecule has 0 aromatic heterocycles. The summed E-state index contributed by atoms with van der Waals surface area (Å²) in [5.41, 5.74) is 4.85. The van der Waals surface area contributed by atoms with E-state index in [0.29, 0.717) is 38.2 Å². The van der Waals surface area contributed by atoms with Crippen LogP contribution in [-0.2, 0) is 53.2 Å². The lowest BCUT2D eigenvalue weighted by Crippen LogP contribution is -2.20. The number of sulfone groups is 1. The fourth-order valence-electron chi connectivity index (χ4n) is 1.31. The lowest BCUT2D eigenvalue weighted by Gasteiger charge is -2.00. The molecule has 16 nitrogen and oxygen atoms in total. The second kappa shape index (κ2) is 79.3. The minimum Gasteiger partial charge on any atom is -0.469 e. The van der Waals surface area contributed by atoms with Crippen LogP contribution in [0.4, 0.5) is 0 Å². The average molecular weight is 911 g/mol. The van der Waals surface area contributed by atoms with Gasteiger partial charge < -0.3 is 35.5 Å². The summed E-state index contributed by atoms with van der Waals surface area (Å²) >= 11 is 1.86. The van der Waals surface area contributed by atoms with E-state index in [0.717, 1.165) is 39.0 Å². The largest absolute Gasteiger partial charge is 0.469 e. The van der Waals surface area contributed by atoms with E-state index in [-0.39, 0.29) is 30.8 Å². The number of Topliss-reactive ketones (excluding diaryl/α,β-unsaturated/α-hetero) is 1. The number of sulfonamides is 1. The monoisotopic (exact) mass is 911 g/mol. The fourth-order valence-corrected chi connectivity index (χ4v) is 2.25. The van der Waals surface area contributed by atoms with Gasteiger partial charge >= 0.3 is 11.9 Å². The van der Waals surface area contributed by atoms with Gasteiger partial charge in [-0.3, -0.25) is 19.2 Å². The number of methoxy groups -OCH3 is 2. The predicted molar refractivity (Wildman–Crippen MR) is 255 cm³/mol. The Morgan fingerprint density at radius 1 is 0.724 bits per heavy atom. The molecule has 0 aromatic rings. The molecule has 0 aliphatic rings. The van der Waals surface area contributed by atoms with Crippen LogP contribution in [0.2, 0.25) is 0 Å². The number of hydrogen-bond acceptors (Lipinski definition) is 15. The summed E-state index contributed by atoms with van der Waals surface area (Å²) in [6.07, 6.45) is 5.08. The first kappa shape index (κ1) is 83.8. The second-order valence-electron chi connectivity index (χ2n) is 10.4. The molecule has 364 valence electrons. The number of hydrogen-bond donors (Lipinski definition) is 4. The van der Waals surface area contributed by atoms with Crippen molar-refractivity contribution in [3.05, 3.63) is 0 Å². The van der Waals surface area contributed by atoms with Gasteiger partial charge in [0.05, 0.1) is 20.0 Å². The number of amides is 1. The maximum absolute atomic E-state index is 10.4. The van der Waals surface area contributed by atoms with Crippen LogP contribution < -0.4 is 21.1 Å². The molecule has 0 atom stereocenters. The molecule has 0 aromatic carbocycles. The third kappa shape index (κ3) is 208. The van der Waals surface area contributed by atoms with Gasteiger partial charge in [-0.05, 0) is 73.6 Å². The average Bonchev–Trinajstić information content (AvgIpc) is 3.18. The first-order chi connectivity index (χ1) is 26.8. The van der Waals surface area contributed by atoms with E-state index in [9.17, 15) is 36.0 Å². The highest BCUT2D eigenvalue weighted by molar-refractivity contribution is 7.98. The van der Waals surface area contributed by atoms with Crippen molar-refractivity contribution < 1.29 is 51.7 Å². The van der Waals surface area contributed by atoms with Gasteiger partial charge in [0.15, 0.2) is 0 Å². The van der Waals surface area contributed by atoms with Gasteiger partial charge in [0.25, 0.3) is 0 Å². The lowest BCUT2D eigenvalue weighted by atomic mass is 10.3. The van der Waals surface area contributed by atoms with E-state index in [1.54, 1.807) is 41.7 Å². The van der Waals surface area contributed by atoms with Gasteiger partial charge in [0.2, 0.25) is 15.9 Å². The minimum absolute atomic E-state index is 0. The topological polar surface area (TPSA) is 230 Å². The van der Waals surface area contributed by atoms with E-state index >= 15 is 0 Å². The Kier molecular flexibility index (Phi) is 115. The van der Waals surface area contributed by atoms with Crippen molar-refractivity contribution in [2.45, 2.75) is 123 Å². The highest BCUT2D eigenvalue weighted by atomic mass is 32.2. The van der Waals surface area contributed by atoms with Crippen LogP contribution >= 0.6 is 11.8 Å². The Bertz CT molecular complexity index is 912. The van der Waals surface area contributed by atoms with Gasteiger partial charge in [-0.15, -0.1) is 0 Å². The molecule has 0 spiro atoms. The minimum atomic E-state index is -2.92. The van der Waals surface area contributed by atoms with Gasteiger partial charge in [-0.2, -0.15) is 11.8 Å². The van der Waals surface area contributed by atoms with E-state index in [1.807, 2.05) is 53.4 Å². The predicted octanol–water partition coefficient (Wildman–Crippen LogP) is 5.68. The van der Waals surface area contributed by atoms with Crippen LogP contribution in [0.1, 0.15) is 125 Å². The van der Waals surface area contributed by atoms with Gasteiger partial charge in [-0.1, -0.05) is 69.2 Å². The van der Waals surface area contributed by atoms with Gasteiger partial charge in [0, 0.05) is 72.8 Å². The molecule has 0 aliphatic heterocycles. The molecule has 0 radical (unpaired) electrons. The number of nitrogens with one attached hydrogen (secondary N) is 3. The number of nitrogens with two attached hydrogens (primary N) is 1. The highest BCUT2D eigenvalue weighted by Gasteiger charge is 1.99. The number of carbonyl (C=O) groups excluding carboxylic acids is 4. The molecule has 19 heteroatoms. The summed E-state index contributed by atoms with van der Waals surface area (Å²) in [6, 6.07) is 0. The van der Waals surface area contributed by atoms with Crippen molar-refractivity contribution in [2.24, 2.45) is 5.73 Å². The Balaban J connectivity index is -0.0000000414. The first-order valence-electron chi connectivity index (χ1n) is 19.9. The first-order valence-corrected chi connectivity index (χ1v) is 25.0. The third-order valence-electron chi connectivity index (χ3n) is 4.93. The molecule has 0 saturated heterocycles. The van der Waals surface area contributed by atoms with Crippen molar-refractivity contribution in [1.29, 1.82) is 0 Å². The molecular weight excluding hydrogens is 811 g/mol. The zero-order valence-electron chi connectivity index (χ0n) is 41.4. The normalized spacial score (nSPS) is 8.76. The molecule has 0 heterocycles. The van der Waals surface area contributed by atoms with Crippen LogP contribution in [-0.4, -0.2) is 156 Å². The zero-order chi connectivity index (χ0) is 49.0. The maximum atomic E-state index is 10.4. The van der Waals surface area contributed by atoms with E-state index in [2.05, 4.69) is 75.6 Å². The summed E-state index contributed by atoms with van der Waals surface area (Å²) < 4.78 is 56.4. The molecule has 0 rings (SSSR count). The van der Waals surface area contributed by atoms with Gasteiger partial charge in [0.1, 0.15) is 15.6 Å². The van der Waals surface area contributed by atoms with Crippen LogP contribution in [0.3, 0.4) is 0 Å². The lowest BCUT2D eigenvalue weighted by molar-refractivity contribution is -0.141. The van der Waals surface area contributed by atoms with Crippen molar-refractivity contribution in [2.75, 3.05) is 111 Å². The maximum Gasteiger partial charge on any atom is 0.305 e. The molecule has 1 amide bonds. The molecule has 0 fully saturated rings. The number of carbonyl (C=O) groups is 4. The second-order valence-corrected chi connectivity index (χ2v) is 16.1. The molecule has 0 aliphatic carbocycles. The Morgan fingerprint density at radius 2 is 1.07 bits per heavy atom. The number of rotatable bonds is 13. The molecule has 5 N–H and O–H groups in total. The Hall–Kier alpha value is -1.87. The van der Waals surface area contributed by atoms with Crippen LogP contribution in [0.5, 0.6) is 0 Å². The number of ether oxygens (including phenoxy) is 3. The van der Waals surface area contributed by atoms with E-state index < -0.39 is 19.9 Å². The van der Waals surface area contributed by atoms with E-state index in [4.69, 9.17) is 5.73 Å². The van der Waals surface area contributed by atoms with Crippen molar-refractivity contribution >= 4 is 55.3 Å². The van der Waals surface area contributed by atoms with Crippen molar-refractivity contribution in [3.8, 4) is 0 Å². The van der Waals surface area contributed by atoms with Crippen LogP contribution in [0.15, 0.2) is 0 Å². The van der Waals surface area contributed by atoms with Crippen LogP contribution in [0, 0.1) is 0 Å². The summed E-state index contributed by atoms with van der Waals surface area (Å²) in [5.74, 6) is 1.78. The smallest absolute Gasteiger partial charge is 0.305 e. The third-order valence-corrected chi connectivity index (χ3v) is 8.08. The number of ketones is 1. The molecule has 0 unspecified atom stereocenters. The molecule has 58 heavy (non-hydrogen) atoms. The highest BCUT2D eigenvalue weighted by Crippen LogP contribution is 1.85. The Morgan fingerprint density at radius 3 is 1.07 bits per heavy atom. The van der Waals surface area contributed by atoms with Crippen LogP contribution in [0.25, 0.3) is 0 Å². The summed E-state index contributed by atoms with van der Waals surface area (Å²) in [4.78, 5) is 42.0. The fraction of sp³-hybridized carbons (Fsp3) is 0.897. The van der Waals surface area contributed by atoms with Gasteiger partial charge in [-0.25, -0.2) is 21.6 Å². The molecule has 0 saturated carbocycles. The number of thioether (sulfide) groups is 1. The summed E-state index contributed by atoms with van der Waals surface area (Å²) in [5, 5.41) is 5.50. The SMILES string of the molecule is CCC(=O)CC.CCC(=O)OC.CCN.CCN(C)C.CCNC.CCNC(C)=O.CCNS(C)(=O)=O.CCOC.CCOC(C)=O.CCS(=O)(=O)CC.CCSC.[2HH]. The zero-order valence-corrected chi connectivity index (χ0v) is 43.9. The summed E-state index contributed by atoms with van der Waals surface area (Å²) in [7, 11) is 3.52. The molecular formula is C39H99N5O11S3. The van der Waals surface area contributed by atoms with Crippen molar-refractivity contribution in [1.82, 2.24) is 20.3 Å². The summed E-state index contributed by atoms with van der Waals surface area (Å²) in [6.45, 7) is 32.8. The number of nitrogens with zero attached hydrogens (tertiary/aromatic N) is 1. The molecule has 0 bridgehead atoms. The van der Waals surface area contributed by atoms with E-state index in [1.165, 1.54) is 26.7 Å². The standard InChI is InChI=1S/C5H10O.C4H9NO.C4H11N.C4H10O2S.2C4H8O2.C3H9NO2S.C3H9N.C3H8O.C3H8S.C2H7N.H2/c1-3-5(6)4-2;1-3-5-4(2)6;1-4-5(2)3;1-3-7(5,6)4-2;1-3-4(5)6-2;1-3-6-4(2)5;1-3-4-7(2,5)6;3*1-3-4-2;1-2-3;/h3-4H2,1-2H3;3H2,1-2H3,(H,5,6);4H2,1-3H3;3-4H2,1-2H3;2*3H2,1-2H3;4H,3H2,1-2H3;4H,3H2,1-2H3;2*3H2,1-2H3;2-3H2,1H3;1H/i;;;;;;;;;;;1+1. The Labute approximate surface area is 365 Å². The quantitative estimate of drug-likeness (QED) is 0.163.